The first kappa shape index (κ1) is 29.5. The van der Waals surface area contributed by atoms with Gasteiger partial charge in [-0.15, -0.1) is 0 Å². The van der Waals surface area contributed by atoms with Gasteiger partial charge >= 0.3 is 0 Å². The number of furan rings is 1. The van der Waals surface area contributed by atoms with Crippen LogP contribution in [0.15, 0.2) is 180 Å². The van der Waals surface area contributed by atoms with E-state index in [1.165, 1.54) is 33.0 Å². The summed E-state index contributed by atoms with van der Waals surface area (Å²) in [5.41, 5.74) is 13.9. The normalized spacial score (nSPS) is 11.8. The number of benzene rings is 8. The van der Waals surface area contributed by atoms with Gasteiger partial charge in [0.05, 0.1) is 0 Å². The van der Waals surface area contributed by atoms with Gasteiger partial charge in [0.25, 0.3) is 0 Å². The predicted octanol–water partition coefficient (Wildman–Crippen LogP) is 12.9. The molecule has 0 N–H and O–H groups in total. The highest BCUT2D eigenvalue weighted by atomic mass is 16.3. The van der Waals surface area contributed by atoms with Crippen LogP contribution >= 0.6 is 0 Å². The molecule has 4 nitrogen and oxygen atoms in total. The van der Waals surface area contributed by atoms with E-state index in [4.69, 9.17) is 19.4 Å². The number of aromatic nitrogens is 3. The highest BCUT2D eigenvalue weighted by Crippen LogP contribution is 2.51. The highest BCUT2D eigenvalue weighted by Gasteiger charge is 2.26. The fraction of sp³-hybridized carbons (Fsp3) is 0. The molecule has 8 aromatic carbocycles. The van der Waals surface area contributed by atoms with E-state index in [0.717, 1.165) is 60.9 Å². The van der Waals surface area contributed by atoms with Crippen molar-refractivity contribution in [2.75, 3.05) is 0 Å². The first-order valence-electron chi connectivity index (χ1n) is 17.9. The molecule has 0 saturated heterocycles. The molecule has 2 aromatic heterocycles. The minimum absolute atomic E-state index is 0.597. The molecule has 0 atom stereocenters. The first-order chi connectivity index (χ1) is 26.3. The van der Waals surface area contributed by atoms with Crippen LogP contribution in [0.3, 0.4) is 0 Å². The second kappa shape index (κ2) is 11.7. The molecular weight excluding hydrogens is 647 g/mol. The van der Waals surface area contributed by atoms with Gasteiger partial charge in [-0.2, -0.15) is 0 Å². The fourth-order valence-corrected chi connectivity index (χ4v) is 8.09. The van der Waals surface area contributed by atoms with Crippen LogP contribution in [0.2, 0.25) is 0 Å². The van der Waals surface area contributed by atoms with E-state index in [1.54, 1.807) is 0 Å². The third-order valence-corrected chi connectivity index (χ3v) is 10.5. The van der Waals surface area contributed by atoms with E-state index in [9.17, 15) is 0 Å². The number of rotatable bonds is 5. The minimum atomic E-state index is 0.597. The molecule has 0 spiro atoms. The predicted molar refractivity (Wildman–Crippen MR) is 216 cm³/mol. The molecule has 53 heavy (non-hydrogen) atoms. The van der Waals surface area contributed by atoms with Gasteiger partial charge in [0.1, 0.15) is 11.2 Å². The molecule has 0 fully saturated rings. The molecule has 0 bridgehead atoms. The molecule has 1 aliphatic rings. The Balaban J connectivity index is 1.20. The number of hydrogen-bond donors (Lipinski definition) is 0. The SMILES string of the molecule is c1ccc(-c2ccc(-c3nc(-c4ccccc4)nc(-c4c(-c5ccc6c7c(cccc57)-c5ccccc5-6)ccc5oc6ccccc6c45)n3)cc2)cc1. The Hall–Kier alpha value is -7.17. The lowest BCUT2D eigenvalue weighted by atomic mass is 9.89. The second-order valence-electron chi connectivity index (χ2n) is 13.5. The Kier molecular flexibility index (Phi) is 6.52. The van der Waals surface area contributed by atoms with E-state index in [-0.39, 0.29) is 0 Å². The van der Waals surface area contributed by atoms with Gasteiger partial charge in [-0.1, -0.05) is 158 Å². The molecule has 246 valence electrons. The summed E-state index contributed by atoms with van der Waals surface area (Å²) in [5.74, 6) is 1.82. The van der Waals surface area contributed by atoms with Gasteiger partial charge in [0.2, 0.25) is 0 Å². The van der Waals surface area contributed by atoms with Crippen LogP contribution in [-0.2, 0) is 0 Å². The van der Waals surface area contributed by atoms with Crippen LogP contribution in [0.1, 0.15) is 0 Å². The van der Waals surface area contributed by atoms with E-state index >= 15 is 0 Å². The van der Waals surface area contributed by atoms with Crippen LogP contribution < -0.4 is 0 Å². The maximum atomic E-state index is 6.50. The Morgan fingerprint density at radius 2 is 0.792 bits per heavy atom. The summed E-state index contributed by atoms with van der Waals surface area (Å²) in [6.45, 7) is 0. The summed E-state index contributed by atoms with van der Waals surface area (Å²) in [5, 5.41) is 4.47. The van der Waals surface area contributed by atoms with Gasteiger partial charge < -0.3 is 4.42 Å². The lowest BCUT2D eigenvalue weighted by molar-refractivity contribution is 0.669. The van der Waals surface area contributed by atoms with E-state index < -0.39 is 0 Å². The Morgan fingerprint density at radius 1 is 0.283 bits per heavy atom. The van der Waals surface area contributed by atoms with Gasteiger partial charge in [-0.3, -0.25) is 0 Å². The largest absolute Gasteiger partial charge is 0.456 e. The molecule has 1 aliphatic carbocycles. The van der Waals surface area contributed by atoms with Crippen molar-refractivity contribution >= 4 is 32.7 Å². The number of fused-ring (bicyclic) bond motifs is 6. The zero-order chi connectivity index (χ0) is 34.9. The standard InChI is InChI=1S/C49H29N3O/c1-3-12-30(13-4-1)31-22-24-33(25-23-31)48-50-47(32-14-5-2-6-15-32)51-49(52-48)46-40(28-29-43-45(46)41-18-9-10-21-42(41)53-43)36-26-27-39-35-17-8-7-16-34(35)37-19-11-20-38(36)44(37)39/h1-29H. The highest BCUT2D eigenvalue weighted by molar-refractivity contribution is 6.21. The third-order valence-electron chi connectivity index (χ3n) is 10.5. The van der Waals surface area contributed by atoms with Crippen molar-refractivity contribution in [3.05, 3.63) is 176 Å². The quantitative estimate of drug-likeness (QED) is 0.182. The average Bonchev–Trinajstić information content (AvgIpc) is 3.78. The monoisotopic (exact) mass is 675 g/mol. The molecule has 0 saturated carbocycles. The number of nitrogens with zero attached hydrogens (tertiary/aromatic N) is 3. The van der Waals surface area contributed by atoms with Gasteiger partial charge in [0, 0.05) is 27.5 Å². The van der Waals surface area contributed by atoms with E-state index in [1.807, 2.05) is 36.4 Å². The Labute approximate surface area is 305 Å². The summed E-state index contributed by atoms with van der Waals surface area (Å²) in [6, 6.07) is 61.4. The molecule has 0 aliphatic heterocycles. The summed E-state index contributed by atoms with van der Waals surface area (Å²) < 4.78 is 6.50. The zero-order valence-electron chi connectivity index (χ0n) is 28.5. The van der Waals surface area contributed by atoms with Crippen molar-refractivity contribution in [3.8, 4) is 78.7 Å². The van der Waals surface area contributed by atoms with Crippen molar-refractivity contribution in [1.29, 1.82) is 0 Å². The van der Waals surface area contributed by atoms with Crippen LogP contribution in [0.25, 0.3) is 111 Å². The first-order valence-corrected chi connectivity index (χ1v) is 17.9. The maximum Gasteiger partial charge on any atom is 0.165 e. The summed E-state index contributed by atoms with van der Waals surface area (Å²) in [7, 11) is 0. The molecular formula is C49H29N3O. The fourth-order valence-electron chi connectivity index (χ4n) is 8.09. The van der Waals surface area contributed by atoms with E-state index in [2.05, 4.69) is 140 Å². The average molecular weight is 676 g/mol. The van der Waals surface area contributed by atoms with Gasteiger partial charge in [-0.25, -0.2) is 15.0 Å². The Morgan fingerprint density at radius 3 is 1.55 bits per heavy atom. The molecule has 4 heteroatoms. The number of hydrogen-bond acceptors (Lipinski definition) is 4. The molecule has 2 heterocycles. The van der Waals surface area contributed by atoms with Crippen LogP contribution in [0.4, 0.5) is 0 Å². The minimum Gasteiger partial charge on any atom is -0.456 e. The molecule has 0 unspecified atom stereocenters. The zero-order valence-corrected chi connectivity index (χ0v) is 28.5. The van der Waals surface area contributed by atoms with Gasteiger partial charge in [-0.05, 0) is 73.5 Å². The second-order valence-corrected chi connectivity index (χ2v) is 13.5. The maximum absolute atomic E-state index is 6.50. The smallest absolute Gasteiger partial charge is 0.165 e. The lowest BCUT2D eigenvalue weighted by Gasteiger charge is -2.16. The van der Waals surface area contributed by atoms with Crippen LogP contribution in [0, 0.1) is 0 Å². The molecule has 0 radical (unpaired) electrons. The van der Waals surface area contributed by atoms with E-state index in [0.29, 0.717) is 17.5 Å². The lowest BCUT2D eigenvalue weighted by Crippen LogP contribution is -2.01. The van der Waals surface area contributed by atoms with Crippen LogP contribution in [-0.4, -0.2) is 15.0 Å². The summed E-state index contributed by atoms with van der Waals surface area (Å²) in [6.07, 6.45) is 0. The topological polar surface area (TPSA) is 51.8 Å². The van der Waals surface area contributed by atoms with Crippen molar-refractivity contribution in [2.24, 2.45) is 0 Å². The molecule has 10 aromatic rings. The van der Waals surface area contributed by atoms with Crippen molar-refractivity contribution in [3.63, 3.8) is 0 Å². The third kappa shape index (κ3) is 4.66. The van der Waals surface area contributed by atoms with Gasteiger partial charge in [0.15, 0.2) is 17.5 Å². The summed E-state index contributed by atoms with van der Waals surface area (Å²) in [4.78, 5) is 15.7. The van der Waals surface area contributed by atoms with Crippen molar-refractivity contribution < 1.29 is 4.42 Å². The summed E-state index contributed by atoms with van der Waals surface area (Å²) >= 11 is 0. The van der Waals surface area contributed by atoms with Crippen LogP contribution in [0.5, 0.6) is 0 Å². The number of para-hydroxylation sites is 1. The molecule has 0 amide bonds. The molecule has 11 rings (SSSR count). The van der Waals surface area contributed by atoms with Crippen molar-refractivity contribution in [1.82, 2.24) is 15.0 Å². The Bertz CT molecular complexity index is 3010. The van der Waals surface area contributed by atoms with Crippen molar-refractivity contribution in [2.45, 2.75) is 0 Å².